The maximum absolute atomic E-state index is 12.7. The third-order valence-electron chi connectivity index (χ3n) is 4.12. The number of hydrogen-bond donors (Lipinski definition) is 0. The van der Waals surface area contributed by atoms with Gasteiger partial charge in [0.2, 0.25) is 0 Å². The van der Waals surface area contributed by atoms with Crippen LogP contribution in [0.4, 0.5) is 0 Å². The number of cyclic esters (lactones) is 1. The van der Waals surface area contributed by atoms with Crippen molar-refractivity contribution in [3.63, 3.8) is 0 Å². The molecule has 2 aromatic rings. The topological polar surface area (TPSA) is 26.3 Å². The highest BCUT2D eigenvalue weighted by molar-refractivity contribution is 5.88. The van der Waals surface area contributed by atoms with E-state index < -0.39 is 5.41 Å². The van der Waals surface area contributed by atoms with E-state index in [-0.39, 0.29) is 12.1 Å². The molecule has 2 aromatic carbocycles. The summed E-state index contributed by atoms with van der Waals surface area (Å²) in [4.78, 5) is 12.7. The minimum Gasteiger partial charge on any atom is -0.462 e. The second kappa shape index (κ2) is 5.12. The van der Waals surface area contributed by atoms with Gasteiger partial charge in [-0.25, -0.2) is 0 Å². The highest BCUT2D eigenvalue weighted by atomic mass is 16.5. The summed E-state index contributed by atoms with van der Waals surface area (Å²) in [6, 6.07) is 19.9. The second-order valence-corrected chi connectivity index (χ2v) is 5.39. The van der Waals surface area contributed by atoms with Gasteiger partial charge in [0.25, 0.3) is 0 Å². The average molecular weight is 266 g/mol. The first-order valence-corrected chi connectivity index (χ1v) is 7.05. The SMILES string of the molecule is CC1CCC(c2ccccc2)(c2ccccc2)C(=O)O1. The number of hydrogen-bond acceptors (Lipinski definition) is 2. The van der Waals surface area contributed by atoms with Gasteiger partial charge in [-0.15, -0.1) is 0 Å². The van der Waals surface area contributed by atoms with E-state index in [4.69, 9.17) is 4.74 Å². The molecule has 0 aromatic heterocycles. The fraction of sp³-hybridized carbons (Fsp3) is 0.278. The molecule has 0 saturated carbocycles. The van der Waals surface area contributed by atoms with Gasteiger partial charge < -0.3 is 4.74 Å². The van der Waals surface area contributed by atoms with Crippen LogP contribution >= 0.6 is 0 Å². The summed E-state index contributed by atoms with van der Waals surface area (Å²) < 4.78 is 5.57. The Hall–Kier alpha value is -2.09. The van der Waals surface area contributed by atoms with Gasteiger partial charge in [-0.3, -0.25) is 4.79 Å². The van der Waals surface area contributed by atoms with Crippen molar-refractivity contribution in [2.75, 3.05) is 0 Å². The molecule has 2 heteroatoms. The lowest BCUT2D eigenvalue weighted by Crippen LogP contribution is -2.44. The van der Waals surface area contributed by atoms with Crippen molar-refractivity contribution in [2.24, 2.45) is 0 Å². The normalized spacial score (nSPS) is 21.2. The highest BCUT2D eigenvalue weighted by Gasteiger charge is 2.46. The van der Waals surface area contributed by atoms with Crippen molar-refractivity contribution >= 4 is 5.97 Å². The molecule has 0 N–H and O–H groups in total. The molecular weight excluding hydrogens is 248 g/mol. The fourth-order valence-electron chi connectivity index (χ4n) is 3.00. The predicted octanol–water partition coefficient (Wildman–Crippen LogP) is 3.70. The van der Waals surface area contributed by atoms with Gasteiger partial charge in [0.1, 0.15) is 5.41 Å². The molecule has 0 spiro atoms. The Morgan fingerprint density at radius 2 is 1.45 bits per heavy atom. The zero-order valence-electron chi connectivity index (χ0n) is 11.6. The van der Waals surface area contributed by atoms with Crippen LogP contribution in [0.3, 0.4) is 0 Å². The summed E-state index contributed by atoms with van der Waals surface area (Å²) >= 11 is 0. The molecule has 1 aliphatic heterocycles. The fourth-order valence-corrected chi connectivity index (χ4v) is 3.00. The van der Waals surface area contributed by atoms with E-state index in [1.165, 1.54) is 0 Å². The third kappa shape index (κ3) is 2.01. The Labute approximate surface area is 119 Å². The second-order valence-electron chi connectivity index (χ2n) is 5.39. The van der Waals surface area contributed by atoms with E-state index in [0.717, 1.165) is 24.0 Å². The number of esters is 1. The van der Waals surface area contributed by atoms with E-state index in [1.807, 2.05) is 67.6 Å². The van der Waals surface area contributed by atoms with Gasteiger partial charge in [0.15, 0.2) is 0 Å². The van der Waals surface area contributed by atoms with Crippen LogP contribution in [0.25, 0.3) is 0 Å². The number of ether oxygens (including phenoxy) is 1. The van der Waals surface area contributed by atoms with Crippen LogP contribution < -0.4 is 0 Å². The summed E-state index contributed by atoms with van der Waals surface area (Å²) in [7, 11) is 0. The van der Waals surface area contributed by atoms with Crippen LogP contribution in [0.2, 0.25) is 0 Å². The lowest BCUT2D eigenvalue weighted by molar-refractivity contribution is -0.159. The largest absolute Gasteiger partial charge is 0.462 e. The van der Waals surface area contributed by atoms with Gasteiger partial charge >= 0.3 is 5.97 Å². The monoisotopic (exact) mass is 266 g/mol. The number of carbonyl (C=O) groups excluding carboxylic acids is 1. The van der Waals surface area contributed by atoms with Crippen molar-refractivity contribution < 1.29 is 9.53 Å². The van der Waals surface area contributed by atoms with Crippen LogP contribution in [0.5, 0.6) is 0 Å². The van der Waals surface area contributed by atoms with E-state index in [0.29, 0.717) is 0 Å². The van der Waals surface area contributed by atoms with E-state index in [9.17, 15) is 4.79 Å². The first-order chi connectivity index (χ1) is 9.73. The van der Waals surface area contributed by atoms with Crippen molar-refractivity contribution in [2.45, 2.75) is 31.3 Å². The maximum Gasteiger partial charge on any atom is 0.321 e. The molecular formula is C18H18O2. The minimum absolute atomic E-state index is 0.00282. The molecule has 0 bridgehead atoms. The lowest BCUT2D eigenvalue weighted by Gasteiger charge is -2.38. The Morgan fingerprint density at radius 3 is 1.90 bits per heavy atom. The molecule has 1 unspecified atom stereocenters. The molecule has 2 nitrogen and oxygen atoms in total. The molecule has 0 amide bonds. The van der Waals surface area contributed by atoms with Crippen molar-refractivity contribution in [3.8, 4) is 0 Å². The van der Waals surface area contributed by atoms with Crippen LogP contribution in [-0.4, -0.2) is 12.1 Å². The van der Waals surface area contributed by atoms with Gasteiger partial charge in [-0.05, 0) is 30.9 Å². The number of carbonyl (C=O) groups is 1. The highest BCUT2D eigenvalue weighted by Crippen LogP contribution is 2.41. The van der Waals surface area contributed by atoms with E-state index in [1.54, 1.807) is 0 Å². The minimum atomic E-state index is -0.658. The Bertz CT molecular complexity index is 550. The molecule has 3 rings (SSSR count). The Kier molecular flexibility index (Phi) is 3.31. The Balaban J connectivity index is 2.16. The van der Waals surface area contributed by atoms with Crippen LogP contribution in [0.15, 0.2) is 60.7 Å². The van der Waals surface area contributed by atoms with Gasteiger partial charge in [0.05, 0.1) is 6.10 Å². The first-order valence-electron chi connectivity index (χ1n) is 7.05. The number of rotatable bonds is 2. The lowest BCUT2D eigenvalue weighted by atomic mass is 9.69. The molecule has 1 saturated heterocycles. The molecule has 1 heterocycles. The first kappa shape index (κ1) is 12.9. The molecule has 0 aliphatic carbocycles. The molecule has 1 aliphatic rings. The van der Waals surface area contributed by atoms with Gasteiger partial charge in [-0.2, -0.15) is 0 Å². The summed E-state index contributed by atoms with van der Waals surface area (Å²) in [6.45, 7) is 1.96. The molecule has 102 valence electrons. The standard InChI is InChI=1S/C18H18O2/c1-14-12-13-18(17(19)20-14,15-8-4-2-5-9-15)16-10-6-3-7-11-16/h2-11,14H,12-13H2,1H3. The van der Waals surface area contributed by atoms with E-state index in [2.05, 4.69) is 0 Å². The van der Waals surface area contributed by atoms with Crippen LogP contribution in [0, 0.1) is 0 Å². The quantitative estimate of drug-likeness (QED) is 0.775. The Morgan fingerprint density at radius 1 is 0.950 bits per heavy atom. The summed E-state index contributed by atoms with van der Waals surface area (Å²) in [5.74, 6) is -0.131. The van der Waals surface area contributed by atoms with Crippen molar-refractivity contribution in [3.05, 3.63) is 71.8 Å². The average Bonchev–Trinajstić information content (AvgIpc) is 2.50. The summed E-state index contributed by atoms with van der Waals surface area (Å²) in [5, 5.41) is 0. The van der Waals surface area contributed by atoms with Crippen LogP contribution in [0.1, 0.15) is 30.9 Å². The van der Waals surface area contributed by atoms with Gasteiger partial charge in [-0.1, -0.05) is 60.7 Å². The molecule has 1 fully saturated rings. The van der Waals surface area contributed by atoms with Crippen molar-refractivity contribution in [1.29, 1.82) is 0 Å². The van der Waals surface area contributed by atoms with Crippen molar-refractivity contribution in [1.82, 2.24) is 0 Å². The molecule has 0 radical (unpaired) electrons. The summed E-state index contributed by atoms with van der Waals surface area (Å²) in [6.07, 6.45) is 1.68. The van der Waals surface area contributed by atoms with Gasteiger partial charge in [0, 0.05) is 0 Å². The maximum atomic E-state index is 12.7. The molecule has 20 heavy (non-hydrogen) atoms. The zero-order chi connectivity index (χ0) is 14.0. The predicted molar refractivity (Wildman–Crippen MR) is 78.5 cm³/mol. The smallest absolute Gasteiger partial charge is 0.321 e. The van der Waals surface area contributed by atoms with Crippen LogP contribution in [-0.2, 0) is 14.9 Å². The number of benzene rings is 2. The zero-order valence-corrected chi connectivity index (χ0v) is 11.6. The third-order valence-corrected chi connectivity index (χ3v) is 4.12. The van der Waals surface area contributed by atoms with E-state index >= 15 is 0 Å². The summed E-state index contributed by atoms with van der Waals surface area (Å²) in [5.41, 5.74) is 1.38. The molecule has 1 atom stereocenters.